The number of nitrogens with zero attached hydrogens (tertiary/aromatic N) is 2. The lowest BCUT2D eigenvalue weighted by Gasteiger charge is -2.26. The highest BCUT2D eigenvalue weighted by Crippen LogP contribution is 2.24. The summed E-state index contributed by atoms with van der Waals surface area (Å²) in [5.41, 5.74) is 1.90. The third kappa shape index (κ3) is 4.67. The van der Waals surface area contributed by atoms with E-state index in [-0.39, 0.29) is 18.0 Å². The van der Waals surface area contributed by atoms with Crippen LogP contribution in [-0.4, -0.2) is 42.2 Å². The van der Waals surface area contributed by atoms with Gasteiger partial charge < -0.3 is 20.6 Å². The summed E-state index contributed by atoms with van der Waals surface area (Å²) in [4.78, 5) is 29.9. The number of pyridine rings is 1. The van der Waals surface area contributed by atoms with E-state index in [0.717, 1.165) is 22.3 Å². The number of carbonyl (C=O) groups excluding carboxylic acids is 1. The van der Waals surface area contributed by atoms with Crippen LogP contribution in [-0.2, 0) is 11.3 Å². The van der Waals surface area contributed by atoms with E-state index in [1.807, 2.05) is 49.3 Å². The first kappa shape index (κ1) is 18.9. The van der Waals surface area contributed by atoms with Gasteiger partial charge in [-0.15, -0.1) is 0 Å². The molecule has 3 rings (SSSR count). The summed E-state index contributed by atoms with van der Waals surface area (Å²) >= 11 is 0. The Morgan fingerprint density at radius 2 is 1.89 bits per heavy atom. The van der Waals surface area contributed by atoms with E-state index in [2.05, 4.69) is 15.6 Å². The molecule has 0 bridgehead atoms. The molecule has 2 aromatic rings. The van der Waals surface area contributed by atoms with E-state index in [4.69, 9.17) is 5.11 Å². The Morgan fingerprint density at radius 3 is 2.56 bits per heavy atom. The number of carboxylic acids is 1. The van der Waals surface area contributed by atoms with Gasteiger partial charge in [0.05, 0.1) is 11.4 Å². The molecule has 1 aromatic carbocycles. The maximum atomic E-state index is 12.3. The maximum Gasteiger partial charge on any atom is 0.315 e. The van der Waals surface area contributed by atoms with Crippen LogP contribution >= 0.6 is 0 Å². The van der Waals surface area contributed by atoms with Crippen molar-refractivity contribution in [1.82, 2.24) is 15.6 Å². The van der Waals surface area contributed by atoms with Crippen molar-refractivity contribution in [2.75, 3.05) is 19.0 Å². The summed E-state index contributed by atoms with van der Waals surface area (Å²) in [7, 11) is 3.88. The van der Waals surface area contributed by atoms with Crippen LogP contribution < -0.4 is 15.5 Å². The molecule has 0 atom stereocenters. The largest absolute Gasteiger partial charge is 0.481 e. The molecule has 7 nitrogen and oxygen atoms in total. The normalized spacial score (nSPS) is 19.5. The lowest BCUT2D eigenvalue weighted by Crippen LogP contribution is -2.43. The van der Waals surface area contributed by atoms with Crippen LogP contribution in [0.25, 0.3) is 10.9 Å². The Hall–Kier alpha value is -2.83. The van der Waals surface area contributed by atoms with Gasteiger partial charge in [0.1, 0.15) is 5.82 Å². The second-order valence-corrected chi connectivity index (χ2v) is 7.26. The topological polar surface area (TPSA) is 94.6 Å². The first-order chi connectivity index (χ1) is 12.9. The zero-order valence-electron chi connectivity index (χ0n) is 15.7. The molecule has 0 aliphatic heterocycles. The van der Waals surface area contributed by atoms with E-state index in [1.165, 1.54) is 0 Å². The number of para-hydroxylation sites is 1. The molecule has 1 heterocycles. The lowest BCUT2D eigenvalue weighted by atomic mass is 9.86. The predicted octanol–water partition coefficient (Wildman–Crippen LogP) is 2.74. The molecule has 0 saturated heterocycles. The Balaban J connectivity index is 1.61. The zero-order chi connectivity index (χ0) is 19.4. The van der Waals surface area contributed by atoms with Crippen LogP contribution in [0.4, 0.5) is 10.6 Å². The minimum Gasteiger partial charge on any atom is -0.481 e. The van der Waals surface area contributed by atoms with Gasteiger partial charge in [0.2, 0.25) is 0 Å². The molecule has 3 N–H and O–H groups in total. The highest BCUT2D eigenvalue weighted by molar-refractivity contribution is 5.84. The Bertz CT molecular complexity index is 829. The number of amides is 2. The van der Waals surface area contributed by atoms with Crippen molar-refractivity contribution >= 4 is 28.7 Å². The number of urea groups is 1. The number of hydrogen-bond donors (Lipinski definition) is 3. The van der Waals surface area contributed by atoms with Crippen LogP contribution in [0.2, 0.25) is 0 Å². The van der Waals surface area contributed by atoms with Crippen LogP contribution in [0, 0.1) is 5.92 Å². The molecule has 27 heavy (non-hydrogen) atoms. The Kier molecular flexibility index (Phi) is 5.78. The number of aromatic nitrogens is 1. The number of rotatable bonds is 5. The minimum absolute atomic E-state index is 0.0344. The van der Waals surface area contributed by atoms with E-state index in [1.54, 1.807) is 0 Å². The van der Waals surface area contributed by atoms with E-state index in [0.29, 0.717) is 32.2 Å². The SMILES string of the molecule is CN(C)c1cc(CNC(=O)NC2CCC(C(=O)O)CC2)c2ccccc2n1. The summed E-state index contributed by atoms with van der Waals surface area (Å²) in [6.45, 7) is 0.403. The Labute approximate surface area is 158 Å². The number of anilines is 1. The number of carboxylic acid groups (broad SMARTS) is 1. The maximum absolute atomic E-state index is 12.3. The summed E-state index contributed by atoms with van der Waals surface area (Å²) in [5, 5.41) is 16.0. The van der Waals surface area contributed by atoms with Gasteiger partial charge in [-0.1, -0.05) is 18.2 Å². The van der Waals surface area contributed by atoms with Crippen molar-refractivity contribution in [1.29, 1.82) is 0 Å². The molecule has 0 spiro atoms. The van der Waals surface area contributed by atoms with E-state index >= 15 is 0 Å². The number of carbonyl (C=O) groups is 2. The fourth-order valence-electron chi connectivity index (χ4n) is 3.50. The monoisotopic (exact) mass is 370 g/mol. The predicted molar refractivity (Wildman–Crippen MR) is 105 cm³/mol. The van der Waals surface area contributed by atoms with Gasteiger partial charge in [-0.2, -0.15) is 0 Å². The molecule has 0 radical (unpaired) electrons. The van der Waals surface area contributed by atoms with E-state index < -0.39 is 5.97 Å². The minimum atomic E-state index is -0.737. The molecule has 7 heteroatoms. The summed E-state index contributed by atoms with van der Waals surface area (Å²) in [6.07, 6.45) is 2.63. The van der Waals surface area contributed by atoms with Gasteiger partial charge in [-0.25, -0.2) is 9.78 Å². The molecule has 1 aliphatic carbocycles. The standard InChI is InChI=1S/C20H26N4O3/c1-24(2)18-11-14(16-5-3-4-6-17(16)23-18)12-21-20(27)22-15-9-7-13(8-10-15)19(25)26/h3-6,11,13,15H,7-10,12H2,1-2H3,(H,25,26)(H2,21,22,27). The summed E-state index contributed by atoms with van der Waals surface area (Å²) in [6, 6.07) is 9.68. The molecule has 2 amide bonds. The molecule has 144 valence electrons. The first-order valence-corrected chi connectivity index (χ1v) is 9.27. The zero-order valence-corrected chi connectivity index (χ0v) is 15.7. The number of aliphatic carboxylic acids is 1. The van der Waals surface area contributed by atoms with Gasteiger partial charge in [0.15, 0.2) is 0 Å². The summed E-state index contributed by atoms with van der Waals surface area (Å²) < 4.78 is 0. The average Bonchev–Trinajstić information content (AvgIpc) is 2.66. The van der Waals surface area contributed by atoms with Crippen LogP contribution in [0.15, 0.2) is 30.3 Å². The van der Waals surface area contributed by atoms with Gasteiger partial charge in [-0.3, -0.25) is 4.79 Å². The quantitative estimate of drug-likeness (QED) is 0.752. The highest BCUT2D eigenvalue weighted by atomic mass is 16.4. The van der Waals surface area contributed by atoms with E-state index in [9.17, 15) is 9.59 Å². The molecule has 1 aliphatic rings. The smallest absolute Gasteiger partial charge is 0.315 e. The number of nitrogens with one attached hydrogen (secondary N) is 2. The van der Waals surface area contributed by atoms with Crippen molar-refractivity contribution in [2.24, 2.45) is 5.92 Å². The van der Waals surface area contributed by atoms with Crippen molar-refractivity contribution in [3.63, 3.8) is 0 Å². The average molecular weight is 370 g/mol. The third-order valence-corrected chi connectivity index (χ3v) is 5.10. The van der Waals surface area contributed by atoms with Crippen LogP contribution in [0.5, 0.6) is 0 Å². The fourth-order valence-corrected chi connectivity index (χ4v) is 3.50. The van der Waals surface area contributed by atoms with Crippen molar-refractivity contribution in [3.05, 3.63) is 35.9 Å². The van der Waals surface area contributed by atoms with Crippen LogP contribution in [0.3, 0.4) is 0 Å². The highest BCUT2D eigenvalue weighted by Gasteiger charge is 2.26. The van der Waals surface area contributed by atoms with Gasteiger partial charge in [0, 0.05) is 32.1 Å². The Morgan fingerprint density at radius 1 is 1.19 bits per heavy atom. The molecule has 1 aromatic heterocycles. The number of benzene rings is 1. The molecule has 1 saturated carbocycles. The number of fused-ring (bicyclic) bond motifs is 1. The van der Waals surface area contributed by atoms with Crippen molar-refractivity contribution in [2.45, 2.75) is 38.3 Å². The first-order valence-electron chi connectivity index (χ1n) is 9.27. The fraction of sp³-hybridized carbons (Fsp3) is 0.450. The second-order valence-electron chi connectivity index (χ2n) is 7.26. The molecule has 0 unspecified atom stereocenters. The van der Waals surface area contributed by atoms with Crippen molar-refractivity contribution in [3.8, 4) is 0 Å². The number of hydrogen-bond acceptors (Lipinski definition) is 4. The van der Waals surface area contributed by atoms with Gasteiger partial charge >= 0.3 is 12.0 Å². The third-order valence-electron chi connectivity index (χ3n) is 5.10. The van der Waals surface area contributed by atoms with Gasteiger partial charge in [-0.05, 0) is 43.4 Å². The summed E-state index contributed by atoms with van der Waals surface area (Å²) in [5.74, 6) is -0.171. The lowest BCUT2D eigenvalue weighted by molar-refractivity contribution is -0.142. The van der Waals surface area contributed by atoms with Crippen LogP contribution in [0.1, 0.15) is 31.2 Å². The molecular formula is C20H26N4O3. The van der Waals surface area contributed by atoms with Gasteiger partial charge in [0.25, 0.3) is 0 Å². The van der Waals surface area contributed by atoms with Crippen molar-refractivity contribution < 1.29 is 14.7 Å². The second kappa shape index (κ2) is 8.24. The molecule has 1 fully saturated rings. The molecular weight excluding hydrogens is 344 g/mol.